The Morgan fingerprint density at radius 1 is 1.04 bits per heavy atom. The lowest BCUT2D eigenvalue weighted by molar-refractivity contribution is 0.415. The zero-order chi connectivity index (χ0) is 16.8. The number of anilines is 4. The van der Waals surface area contributed by atoms with Gasteiger partial charge in [0, 0.05) is 17.9 Å². The number of nitrogens with zero attached hydrogens (tertiary/aromatic N) is 4. The molecular formula is C18H19N5O. The Kier molecular flexibility index (Phi) is 4.86. The average molecular weight is 321 g/mol. The third-order valence-corrected chi connectivity index (χ3v) is 3.54. The molecule has 0 bridgehead atoms. The minimum atomic E-state index is 0.558. The molecule has 0 saturated heterocycles. The summed E-state index contributed by atoms with van der Waals surface area (Å²) in [6, 6.07) is 17.6. The maximum Gasteiger partial charge on any atom is 0.251 e. The number of aromatic nitrogens is 3. The molecule has 6 nitrogen and oxygen atoms in total. The van der Waals surface area contributed by atoms with E-state index in [0.29, 0.717) is 11.8 Å². The first-order valence-electron chi connectivity index (χ1n) is 7.73. The molecule has 0 fully saturated rings. The third-order valence-electron chi connectivity index (χ3n) is 3.54. The van der Waals surface area contributed by atoms with Crippen molar-refractivity contribution in [2.45, 2.75) is 6.92 Å². The van der Waals surface area contributed by atoms with Crippen molar-refractivity contribution in [3.63, 3.8) is 0 Å². The van der Waals surface area contributed by atoms with E-state index >= 15 is 0 Å². The number of hydrogen-bond donors (Lipinski definition) is 1. The fraction of sp³-hybridized carbons (Fsp3) is 0.167. The van der Waals surface area contributed by atoms with Gasteiger partial charge in [-0.2, -0.15) is 10.1 Å². The zero-order valence-electron chi connectivity index (χ0n) is 13.7. The Balaban J connectivity index is 1.82. The van der Waals surface area contributed by atoms with Gasteiger partial charge in [0.15, 0.2) is 5.82 Å². The summed E-state index contributed by atoms with van der Waals surface area (Å²) in [5, 5.41) is 11.5. The molecule has 0 saturated carbocycles. The predicted molar refractivity (Wildman–Crippen MR) is 95.2 cm³/mol. The van der Waals surface area contributed by atoms with E-state index in [1.165, 1.54) is 0 Å². The maximum absolute atomic E-state index is 5.16. The van der Waals surface area contributed by atoms with Crippen LogP contribution in [0.5, 0.6) is 5.75 Å². The lowest BCUT2D eigenvalue weighted by Crippen LogP contribution is -2.19. The topological polar surface area (TPSA) is 63.2 Å². The fourth-order valence-corrected chi connectivity index (χ4v) is 2.34. The summed E-state index contributed by atoms with van der Waals surface area (Å²) < 4.78 is 5.16. The van der Waals surface area contributed by atoms with Gasteiger partial charge in [0.05, 0.1) is 13.3 Å². The normalized spacial score (nSPS) is 10.2. The first-order valence-corrected chi connectivity index (χ1v) is 7.73. The van der Waals surface area contributed by atoms with E-state index in [2.05, 4.69) is 27.4 Å². The molecule has 1 heterocycles. The second-order valence-corrected chi connectivity index (χ2v) is 5.07. The second-order valence-electron chi connectivity index (χ2n) is 5.07. The highest BCUT2D eigenvalue weighted by molar-refractivity contribution is 5.60. The number of hydrogen-bond acceptors (Lipinski definition) is 6. The molecule has 0 radical (unpaired) electrons. The molecule has 122 valence electrons. The van der Waals surface area contributed by atoms with E-state index in [0.717, 1.165) is 23.7 Å². The molecule has 0 aliphatic carbocycles. The van der Waals surface area contributed by atoms with E-state index in [4.69, 9.17) is 4.74 Å². The number of rotatable bonds is 6. The number of ether oxygens (including phenoxy) is 1. The van der Waals surface area contributed by atoms with Gasteiger partial charge in [0.1, 0.15) is 5.75 Å². The molecule has 1 aromatic heterocycles. The highest BCUT2D eigenvalue weighted by atomic mass is 16.5. The quantitative estimate of drug-likeness (QED) is 0.745. The largest absolute Gasteiger partial charge is 0.497 e. The minimum Gasteiger partial charge on any atom is -0.497 e. The van der Waals surface area contributed by atoms with Gasteiger partial charge in [0.25, 0.3) is 5.95 Å². The van der Waals surface area contributed by atoms with Crippen LogP contribution in [-0.4, -0.2) is 28.8 Å². The smallest absolute Gasteiger partial charge is 0.251 e. The minimum absolute atomic E-state index is 0.558. The molecule has 0 unspecified atom stereocenters. The molecule has 0 amide bonds. The Morgan fingerprint density at radius 2 is 1.79 bits per heavy atom. The van der Waals surface area contributed by atoms with Gasteiger partial charge in [0.2, 0.25) is 0 Å². The van der Waals surface area contributed by atoms with E-state index in [1.54, 1.807) is 13.3 Å². The van der Waals surface area contributed by atoms with Crippen LogP contribution in [-0.2, 0) is 0 Å². The summed E-state index contributed by atoms with van der Waals surface area (Å²) >= 11 is 0. The Labute approximate surface area is 141 Å². The second kappa shape index (κ2) is 7.41. The van der Waals surface area contributed by atoms with Crippen LogP contribution in [0.3, 0.4) is 0 Å². The standard InChI is InChI=1S/C18H19N5O/c1-3-23(15-7-5-4-6-8-15)18-21-17(13-19-22-18)20-14-9-11-16(24-2)12-10-14/h4-13H,3H2,1-2H3,(H,20,21,22). The van der Waals surface area contributed by atoms with Crippen LogP contribution in [0.4, 0.5) is 23.1 Å². The molecular weight excluding hydrogens is 302 g/mol. The summed E-state index contributed by atoms with van der Waals surface area (Å²) in [5.41, 5.74) is 1.94. The van der Waals surface area contributed by atoms with Crippen molar-refractivity contribution in [3.8, 4) is 5.75 Å². The van der Waals surface area contributed by atoms with Gasteiger partial charge in [-0.15, -0.1) is 5.10 Å². The highest BCUT2D eigenvalue weighted by Gasteiger charge is 2.11. The first kappa shape index (κ1) is 15.7. The van der Waals surface area contributed by atoms with Crippen LogP contribution >= 0.6 is 0 Å². The van der Waals surface area contributed by atoms with Crippen molar-refractivity contribution in [3.05, 3.63) is 60.8 Å². The van der Waals surface area contributed by atoms with Crippen LogP contribution in [0, 0.1) is 0 Å². The van der Waals surface area contributed by atoms with E-state index in [9.17, 15) is 0 Å². The highest BCUT2D eigenvalue weighted by Crippen LogP contribution is 2.23. The molecule has 6 heteroatoms. The van der Waals surface area contributed by atoms with Crippen LogP contribution in [0.15, 0.2) is 60.8 Å². The van der Waals surface area contributed by atoms with Gasteiger partial charge in [-0.3, -0.25) is 0 Å². The SMILES string of the molecule is CCN(c1ccccc1)c1nncc(Nc2ccc(OC)cc2)n1. The van der Waals surface area contributed by atoms with Crippen molar-refractivity contribution in [1.82, 2.24) is 15.2 Å². The molecule has 24 heavy (non-hydrogen) atoms. The lowest BCUT2D eigenvalue weighted by Gasteiger charge is -2.20. The molecule has 3 rings (SSSR count). The first-order chi connectivity index (χ1) is 11.8. The molecule has 2 aromatic carbocycles. The molecule has 0 aliphatic heterocycles. The Bertz CT molecular complexity index is 777. The Hall–Kier alpha value is -3.15. The van der Waals surface area contributed by atoms with Crippen LogP contribution in [0.1, 0.15) is 6.92 Å². The molecule has 0 aliphatic rings. The van der Waals surface area contributed by atoms with Gasteiger partial charge in [-0.1, -0.05) is 18.2 Å². The van der Waals surface area contributed by atoms with Crippen LogP contribution in [0.2, 0.25) is 0 Å². The van der Waals surface area contributed by atoms with E-state index < -0.39 is 0 Å². The van der Waals surface area contributed by atoms with Crippen LogP contribution in [0.25, 0.3) is 0 Å². The van der Waals surface area contributed by atoms with Gasteiger partial charge in [-0.05, 0) is 43.3 Å². The molecule has 0 spiro atoms. The molecule has 0 atom stereocenters. The van der Waals surface area contributed by atoms with E-state index in [1.807, 2.05) is 59.5 Å². The summed E-state index contributed by atoms with van der Waals surface area (Å²) in [4.78, 5) is 6.57. The monoisotopic (exact) mass is 321 g/mol. The van der Waals surface area contributed by atoms with Crippen molar-refractivity contribution >= 4 is 23.1 Å². The molecule has 1 N–H and O–H groups in total. The predicted octanol–water partition coefficient (Wildman–Crippen LogP) is 3.78. The van der Waals surface area contributed by atoms with Gasteiger partial charge >= 0.3 is 0 Å². The Morgan fingerprint density at radius 3 is 2.46 bits per heavy atom. The summed E-state index contributed by atoms with van der Waals surface area (Å²) in [6.45, 7) is 2.80. The number of nitrogens with one attached hydrogen (secondary N) is 1. The van der Waals surface area contributed by atoms with Crippen molar-refractivity contribution in [2.24, 2.45) is 0 Å². The fourth-order valence-electron chi connectivity index (χ4n) is 2.34. The van der Waals surface area contributed by atoms with Crippen molar-refractivity contribution in [1.29, 1.82) is 0 Å². The summed E-state index contributed by atoms with van der Waals surface area (Å²) in [5.74, 6) is 2.00. The van der Waals surface area contributed by atoms with Crippen molar-refractivity contribution < 1.29 is 4.74 Å². The summed E-state index contributed by atoms with van der Waals surface area (Å²) in [6.07, 6.45) is 1.60. The number of benzene rings is 2. The number of methoxy groups -OCH3 is 1. The maximum atomic E-state index is 5.16. The van der Waals surface area contributed by atoms with Gasteiger partial charge in [-0.25, -0.2) is 0 Å². The van der Waals surface area contributed by atoms with Crippen molar-refractivity contribution in [2.75, 3.05) is 23.9 Å². The van der Waals surface area contributed by atoms with Crippen LogP contribution < -0.4 is 15.0 Å². The lowest BCUT2D eigenvalue weighted by atomic mass is 10.3. The van der Waals surface area contributed by atoms with E-state index in [-0.39, 0.29) is 0 Å². The van der Waals surface area contributed by atoms with Gasteiger partial charge < -0.3 is 15.0 Å². The third kappa shape index (κ3) is 3.60. The molecule has 3 aromatic rings. The number of para-hydroxylation sites is 1. The zero-order valence-corrected chi connectivity index (χ0v) is 13.7. The summed E-state index contributed by atoms with van der Waals surface area (Å²) in [7, 11) is 1.64. The average Bonchev–Trinajstić information content (AvgIpc) is 2.64.